The first-order valence-electron chi connectivity index (χ1n) is 6.76. The topological polar surface area (TPSA) is 217 Å². The van der Waals surface area contributed by atoms with E-state index in [1.54, 1.807) is 0 Å². The molecule has 0 radical (unpaired) electrons. The highest BCUT2D eigenvalue weighted by molar-refractivity contribution is 5.59. The maximum absolute atomic E-state index is 10.8. The minimum atomic E-state index is -1.85. The maximum Gasteiger partial charge on any atom is 0.139 e. The van der Waals surface area contributed by atoms with Gasteiger partial charge in [0.05, 0.1) is 25.3 Å². The van der Waals surface area contributed by atoms with E-state index in [0.717, 1.165) is 0 Å². The summed E-state index contributed by atoms with van der Waals surface area (Å²) >= 11 is 0. The fourth-order valence-electron chi connectivity index (χ4n) is 1.79. The van der Waals surface area contributed by atoms with Crippen LogP contribution < -0.4 is 11.5 Å². The number of aldehydes is 2. The number of aliphatic hydroxyl groups excluding tert-OH is 6. The smallest absolute Gasteiger partial charge is 0.139 e. The predicted molar refractivity (Wildman–Crippen MR) is 74.9 cm³/mol. The molecule has 0 rings (SSSR count). The van der Waals surface area contributed by atoms with Gasteiger partial charge in [0.1, 0.15) is 49.2 Å². The Kier molecular flexibility index (Phi) is 10.2. The van der Waals surface area contributed by atoms with Crippen LogP contribution in [0.3, 0.4) is 0 Å². The summed E-state index contributed by atoms with van der Waals surface area (Å²) in [5, 5.41) is 56.3. The molecule has 0 aromatic carbocycles. The number of aliphatic hydroxyl groups is 6. The Morgan fingerprint density at radius 3 is 1.30 bits per heavy atom. The van der Waals surface area contributed by atoms with Crippen molar-refractivity contribution < 1.29 is 45.0 Å². The lowest BCUT2D eigenvalue weighted by Crippen LogP contribution is -2.59. The molecule has 0 aromatic rings. The summed E-state index contributed by atoms with van der Waals surface area (Å²) in [5.41, 5.74) is 10.9. The van der Waals surface area contributed by atoms with E-state index in [-0.39, 0.29) is 12.6 Å². The van der Waals surface area contributed by atoms with Gasteiger partial charge in [-0.05, 0) is 0 Å². The van der Waals surface area contributed by atoms with Crippen LogP contribution in [-0.2, 0) is 14.3 Å². The van der Waals surface area contributed by atoms with Crippen molar-refractivity contribution in [2.75, 3.05) is 13.2 Å². The van der Waals surface area contributed by atoms with Crippen molar-refractivity contribution >= 4 is 12.6 Å². The summed E-state index contributed by atoms with van der Waals surface area (Å²) in [6, 6.07) is -2.99. The van der Waals surface area contributed by atoms with Crippen LogP contribution in [0.2, 0.25) is 0 Å². The quantitative estimate of drug-likeness (QED) is 0.156. The van der Waals surface area contributed by atoms with Crippen LogP contribution in [0, 0.1) is 0 Å². The first-order valence-corrected chi connectivity index (χ1v) is 6.76. The second-order valence-corrected chi connectivity index (χ2v) is 4.97. The van der Waals surface area contributed by atoms with E-state index in [1.807, 2.05) is 0 Å². The van der Waals surface area contributed by atoms with Gasteiger partial charge >= 0.3 is 0 Å². The summed E-state index contributed by atoms with van der Waals surface area (Å²) in [4.78, 5) is 21.7. The van der Waals surface area contributed by atoms with Crippen molar-refractivity contribution in [1.29, 1.82) is 0 Å². The van der Waals surface area contributed by atoms with Crippen LogP contribution in [0.4, 0.5) is 0 Å². The van der Waals surface area contributed by atoms with Crippen LogP contribution in [0.5, 0.6) is 0 Å². The molecular weight excluding hydrogens is 316 g/mol. The third kappa shape index (κ3) is 6.18. The second-order valence-electron chi connectivity index (χ2n) is 4.97. The molecule has 0 aliphatic rings. The largest absolute Gasteiger partial charge is 0.394 e. The van der Waals surface area contributed by atoms with Gasteiger partial charge in [0, 0.05) is 0 Å². The molecule has 0 saturated heterocycles. The predicted octanol–water partition coefficient (Wildman–Crippen LogP) is -5.78. The number of ether oxygens (including phenoxy) is 1. The molecule has 0 spiro atoms. The Morgan fingerprint density at radius 1 is 0.783 bits per heavy atom. The third-order valence-corrected chi connectivity index (χ3v) is 3.22. The normalized spacial score (nSPS) is 22.3. The fourth-order valence-corrected chi connectivity index (χ4v) is 1.79. The maximum atomic E-state index is 10.8. The van der Waals surface area contributed by atoms with Gasteiger partial charge in [0.25, 0.3) is 0 Å². The van der Waals surface area contributed by atoms with Gasteiger partial charge < -0.3 is 56.4 Å². The van der Waals surface area contributed by atoms with Crippen LogP contribution >= 0.6 is 0 Å². The van der Waals surface area contributed by atoms with Gasteiger partial charge in [-0.15, -0.1) is 0 Å². The van der Waals surface area contributed by atoms with Gasteiger partial charge in [-0.2, -0.15) is 0 Å². The highest BCUT2D eigenvalue weighted by atomic mass is 16.5. The zero-order valence-electron chi connectivity index (χ0n) is 12.3. The fraction of sp³-hybridized carbons (Fsp3) is 0.833. The summed E-state index contributed by atoms with van der Waals surface area (Å²) in [6.45, 7) is -1.75. The highest BCUT2D eigenvalue weighted by Crippen LogP contribution is 2.16. The van der Waals surface area contributed by atoms with Crippen molar-refractivity contribution in [2.24, 2.45) is 11.5 Å². The van der Waals surface area contributed by atoms with E-state index in [4.69, 9.17) is 26.4 Å². The molecule has 8 atom stereocenters. The molecule has 0 heterocycles. The molecule has 23 heavy (non-hydrogen) atoms. The number of rotatable bonds is 12. The van der Waals surface area contributed by atoms with Crippen LogP contribution in [0.25, 0.3) is 0 Å². The van der Waals surface area contributed by atoms with Gasteiger partial charge in [-0.1, -0.05) is 0 Å². The average Bonchev–Trinajstić information content (AvgIpc) is 2.58. The molecule has 0 amide bonds. The van der Waals surface area contributed by atoms with E-state index < -0.39 is 61.9 Å². The zero-order valence-corrected chi connectivity index (χ0v) is 12.3. The molecule has 0 bridgehead atoms. The van der Waals surface area contributed by atoms with E-state index in [0.29, 0.717) is 0 Å². The van der Waals surface area contributed by atoms with Gasteiger partial charge in [-0.3, -0.25) is 0 Å². The summed E-state index contributed by atoms with van der Waals surface area (Å²) < 4.78 is 5.17. The average molecular weight is 340 g/mol. The SMILES string of the molecule is N[C@@H](C=O)[C@@H](O[C@@H]([C@H](O)[C@H](O)CO)[C@@H](N)C=O)[C@H](O)[C@H](O)CO. The van der Waals surface area contributed by atoms with E-state index in [2.05, 4.69) is 0 Å². The van der Waals surface area contributed by atoms with E-state index in [9.17, 15) is 30.0 Å². The Hall–Kier alpha value is -1.02. The van der Waals surface area contributed by atoms with Crippen molar-refractivity contribution in [2.45, 2.75) is 48.7 Å². The molecule has 0 fully saturated rings. The Labute approximate surface area is 132 Å². The number of nitrogens with two attached hydrogens (primary N) is 2. The molecule has 10 N–H and O–H groups in total. The summed E-state index contributed by atoms with van der Waals surface area (Å²) in [5.74, 6) is 0. The van der Waals surface area contributed by atoms with Crippen LogP contribution in [0.1, 0.15) is 0 Å². The summed E-state index contributed by atoms with van der Waals surface area (Å²) in [6.07, 6.45) is -10.1. The second kappa shape index (κ2) is 10.7. The Bertz CT molecular complexity index is 327. The lowest BCUT2D eigenvalue weighted by Gasteiger charge is -2.35. The number of carbonyl (C=O) groups is 2. The first kappa shape index (κ1) is 22.0. The third-order valence-electron chi connectivity index (χ3n) is 3.22. The van der Waals surface area contributed by atoms with Gasteiger partial charge in [0.2, 0.25) is 0 Å². The van der Waals surface area contributed by atoms with Crippen molar-refractivity contribution in [3.8, 4) is 0 Å². The van der Waals surface area contributed by atoms with Crippen molar-refractivity contribution in [3.05, 3.63) is 0 Å². The minimum absolute atomic E-state index is 0.177. The monoisotopic (exact) mass is 340 g/mol. The van der Waals surface area contributed by atoms with Crippen molar-refractivity contribution in [3.63, 3.8) is 0 Å². The Balaban J connectivity index is 5.41. The molecule has 11 heteroatoms. The Morgan fingerprint density at radius 2 is 1.09 bits per heavy atom. The van der Waals surface area contributed by atoms with Crippen LogP contribution in [-0.4, -0.2) is 105 Å². The lowest BCUT2D eigenvalue weighted by atomic mass is 9.98. The van der Waals surface area contributed by atoms with Gasteiger partial charge in [0.15, 0.2) is 0 Å². The number of hydrogen-bond donors (Lipinski definition) is 8. The molecule has 0 aromatic heterocycles. The highest BCUT2D eigenvalue weighted by Gasteiger charge is 2.39. The van der Waals surface area contributed by atoms with E-state index in [1.165, 1.54) is 0 Å². The minimum Gasteiger partial charge on any atom is -0.394 e. The van der Waals surface area contributed by atoms with E-state index >= 15 is 0 Å². The zero-order chi connectivity index (χ0) is 18.2. The molecule has 0 unspecified atom stereocenters. The first-order chi connectivity index (χ1) is 10.7. The van der Waals surface area contributed by atoms with Crippen LogP contribution in [0.15, 0.2) is 0 Å². The molecule has 0 aliphatic carbocycles. The van der Waals surface area contributed by atoms with Crippen molar-refractivity contribution in [1.82, 2.24) is 0 Å². The molecule has 11 nitrogen and oxygen atoms in total. The molecule has 0 saturated carbocycles. The standard InChI is InChI=1S/C12H24N2O9/c13-5(1-15)11(9(21)7(19)3-17)23-12(6(14)2-16)10(22)8(20)4-18/h1-2,5-12,17-22H,3-4,13-14H2/t5-,6-,7+,8+,9+,10+,11+,12+/m0/s1. The summed E-state index contributed by atoms with van der Waals surface area (Å²) in [7, 11) is 0. The van der Waals surface area contributed by atoms with Gasteiger partial charge in [-0.25, -0.2) is 0 Å². The number of carbonyl (C=O) groups excluding carboxylic acids is 2. The number of hydrogen-bond acceptors (Lipinski definition) is 11. The molecule has 0 aliphatic heterocycles. The molecular formula is C12H24N2O9. The lowest BCUT2D eigenvalue weighted by molar-refractivity contribution is -0.176. The molecule has 136 valence electrons.